The van der Waals surface area contributed by atoms with Crippen LogP contribution in [-0.2, 0) is 13.0 Å². The van der Waals surface area contributed by atoms with Crippen molar-refractivity contribution in [3.8, 4) is 0 Å². The fourth-order valence-electron chi connectivity index (χ4n) is 2.84. The number of nitrogens with zero attached hydrogens (tertiary/aromatic N) is 3. The van der Waals surface area contributed by atoms with Crippen molar-refractivity contribution in [1.82, 2.24) is 14.8 Å². The maximum atomic E-state index is 12.9. The van der Waals surface area contributed by atoms with Gasteiger partial charge in [0.25, 0.3) is 11.5 Å². The minimum absolute atomic E-state index is 0.177. The molecule has 1 aromatic carbocycles. The Morgan fingerprint density at radius 3 is 2.58 bits per heavy atom. The third-order valence-corrected chi connectivity index (χ3v) is 5.00. The number of carbonyl (C=O) groups excluding carboxylic acids is 1. The van der Waals surface area contributed by atoms with Crippen LogP contribution in [0, 0.1) is 12.8 Å². The largest absolute Gasteiger partial charge is 0.296 e. The number of aromatic nitrogens is 3. The van der Waals surface area contributed by atoms with Gasteiger partial charge in [-0.15, -0.1) is 11.3 Å². The van der Waals surface area contributed by atoms with E-state index in [2.05, 4.69) is 15.4 Å². The molecule has 26 heavy (non-hydrogen) atoms. The van der Waals surface area contributed by atoms with Crippen LogP contribution < -0.4 is 10.9 Å². The van der Waals surface area contributed by atoms with Crippen molar-refractivity contribution in [2.24, 2.45) is 5.92 Å². The molecule has 0 unspecified atom stereocenters. The van der Waals surface area contributed by atoms with Crippen molar-refractivity contribution < 1.29 is 4.79 Å². The van der Waals surface area contributed by atoms with Gasteiger partial charge in [-0.25, -0.2) is 9.67 Å². The molecule has 0 spiro atoms. The molecule has 7 heteroatoms. The Bertz CT molecular complexity index is 1020. The van der Waals surface area contributed by atoms with Crippen molar-refractivity contribution in [1.29, 1.82) is 0 Å². The Hall–Kier alpha value is -2.54. The molecule has 1 N–H and O–H groups in total. The summed E-state index contributed by atoms with van der Waals surface area (Å²) in [5, 5.41) is 8.80. The molecule has 0 saturated carbocycles. The highest BCUT2D eigenvalue weighted by molar-refractivity contribution is 7.15. The molecule has 136 valence electrons. The lowest BCUT2D eigenvalue weighted by Crippen LogP contribution is -2.29. The summed E-state index contributed by atoms with van der Waals surface area (Å²) in [6.45, 7) is 8.49. The van der Waals surface area contributed by atoms with Crippen molar-refractivity contribution >= 4 is 33.1 Å². The number of rotatable bonds is 5. The second kappa shape index (κ2) is 7.37. The number of aryl methyl sites for hydroxylation is 2. The lowest BCUT2D eigenvalue weighted by Gasteiger charge is -2.12. The predicted molar refractivity (Wildman–Crippen MR) is 105 cm³/mol. The molecule has 6 nitrogen and oxygen atoms in total. The maximum absolute atomic E-state index is 12.9. The lowest BCUT2D eigenvalue weighted by molar-refractivity contribution is 0.102. The summed E-state index contributed by atoms with van der Waals surface area (Å²) < 4.78 is 1.38. The minimum Gasteiger partial charge on any atom is -0.296 e. The molecule has 2 heterocycles. The van der Waals surface area contributed by atoms with Crippen molar-refractivity contribution in [3.63, 3.8) is 0 Å². The highest BCUT2D eigenvalue weighted by Crippen LogP contribution is 2.23. The fraction of sp³-hybridized carbons (Fsp3) is 0.368. The first-order valence-electron chi connectivity index (χ1n) is 8.68. The van der Waals surface area contributed by atoms with Gasteiger partial charge in [0.1, 0.15) is 0 Å². The molecule has 0 radical (unpaired) electrons. The van der Waals surface area contributed by atoms with Gasteiger partial charge in [-0.3, -0.25) is 14.9 Å². The van der Waals surface area contributed by atoms with Crippen LogP contribution in [0.3, 0.4) is 0 Å². The molecule has 0 saturated heterocycles. The van der Waals surface area contributed by atoms with Gasteiger partial charge in [0.05, 0.1) is 11.1 Å². The summed E-state index contributed by atoms with van der Waals surface area (Å²) in [6, 6.07) is 7.08. The maximum Gasteiger partial charge on any atom is 0.278 e. The van der Waals surface area contributed by atoms with E-state index in [-0.39, 0.29) is 23.1 Å². The summed E-state index contributed by atoms with van der Waals surface area (Å²) in [5.74, 6) is -0.110. The number of carbonyl (C=O) groups is 1. The summed E-state index contributed by atoms with van der Waals surface area (Å²) in [5.41, 5.74) is 1.05. The standard InChI is InChI=1S/C19H22N4O2S/c1-5-15-12(4)26-19(20-15)21-17(24)16-13-8-6-7-9-14(13)18(25)23(22-16)10-11(2)3/h6-9,11H,5,10H2,1-4H3,(H,20,21,24). The summed E-state index contributed by atoms with van der Waals surface area (Å²) in [7, 11) is 0. The first kappa shape index (κ1) is 18.3. The minimum atomic E-state index is -0.352. The monoisotopic (exact) mass is 370 g/mol. The highest BCUT2D eigenvalue weighted by Gasteiger charge is 2.18. The van der Waals surface area contributed by atoms with Gasteiger partial charge >= 0.3 is 0 Å². The molecule has 0 aliphatic heterocycles. The van der Waals surface area contributed by atoms with E-state index in [1.165, 1.54) is 16.0 Å². The highest BCUT2D eigenvalue weighted by atomic mass is 32.1. The molecule has 0 aliphatic carbocycles. The Labute approximate surface area is 155 Å². The van der Waals surface area contributed by atoms with Gasteiger partial charge in [-0.2, -0.15) is 5.10 Å². The van der Waals surface area contributed by atoms with Crippen LogP contribution in [0.4, 0.5) is 5.13 Å². The van der Waals surface area contributed by atoms with Gasteiger partial charge in [0, 0.05) is 16.8 Å². The summed E-state index contributed by atoms with van der Waals surface area (Å²) in [4.78, 5) is 31.0. The number of thiazole rings is 1. The molecule has 0 atom stereocenters. The van der Waals surface area contributed by atoms with E-state index < -0.39 is 0 Å². The fourth-order valence-corrected chi connectivity index (χ4v) is 3.74. The zero-order valence-corrected chi connectivity index (χ0v) is 16.2. The number of nitrogens with one attached hydrogen (secondary N) is 1. The Kier molecular flexibility index (Phi) is 5.18. The van der Waals surface area contributed by atoms with E-state index in [0.717, 1.165) is 17.0 Å². The van der Waals surface area contributed by atoms with Crippen molar-refractivity contribution in [3.05, 3.63) is 50.9 Å². The van der Waals surface area contributed by atoms with Crippen LogP contribution in [0.25, 0.3) is 10.8 Å². The first-order valence-corrected chi connectivity index (χ1v) is 9.49. The van der Waals surface area contributed by atoms with Gasteiger partial charge in [-0.1, -0.05) is 39.0 Å². The molecular formula is C19H22N4O2S. The van der Waals surface area contributed by atoms with Gasteiger partial charge in [0.15, 0.2) is 10.8 Å². The molecule has 3 rings (SSSR count). The van der Waals surface area contributed by atoms with Crippen LogP contribution in [0.15, 0.2) is 29.1 Å². The molecular weight excluding hydrogens is 348 g/mol. The lowest BCUT2D eigenvalue weighted by atomic mass is 10.1. The number of benzene rings is 1. The quantitative estimate of drug-likeness (QED) is 0.744. The van der Waals surface area contributed by atoms with Crippen molar-refractivity contribution in [2.45, 2.75) is 40.7 Å². The number of hydrogen-bond donors (Lipinski definition) is 1. The average Bonchev–Trinajstić information content (AvgIpc) is 2.96. The molecule has 1 amide bonds. The van der Waals surface area contributed by atoms with Crippen LogP contribution in [0.2, 0.25) is 0 Å². The number of anilines is 1. The van der Waals surface area contributed by atoms with Gasteiger partial charge in [0.2, 0.25) is 0 Å². The third kappa shape index (κ3) is 3.53. The summed E-state index contributed by atoms with van der Waals surface area (Å²) in [6.07, 6.45) is 0.818. The van der Waals surface area contributed by atoms with Crippen LogP contribution >= 0.6 is 11.3 Å². The normalized spacial score (nSPS) is 11.3. The Morgan fingerprint density at radius 1 is 1.27 bits per heavy atom. The van der Waals surface area contributed by atoms with Crippen LogP contribution in [0.5, 0.6) is 0 Å². The average molecular weight is 370 g/mol. The smallest absolute Gasteiger partial charge is 0.278 e. The molecule has 2 aromatic heterocycles. The van der Waals surface area contributed by atoms with Crippen LogP contribution in [-0.4, -0.2) is 20.7 Å². The second-order valence-electron chi connectivity index (χ2n) is 6.60. The number of amides is 1. The second-order valence-corrected chi connectivity index (χ2v) is 7.81. The summed E-state index contributed by atoms with van der Waals surface area (Å²) >= 11 is 1.45. The number of hydrogen-bond acceptors (Lipinski definition) is 5. The zero-order valence-electron chi connectivity index (χ0n) is 15.4. The van der Waals surface area contributed by atoms with Gasteiger partial charge in [-0.05, 0) is 25.3 Å². The van der Waals surface area contributed by atoms with E-state index in [1.807, 2.05) is 27.7 Å². The van der Waals surface area contributed by atoms with E-state index >= 15 is 0 Å². The molecule has 3 aromatic rings. The third-order valence-electron chi connectivity index (χ3n) is 4.07. The van der Waals surface area contributed by atoms with Crippen LogP contribution in [0.1, 0.15) is 41.8 Å². The topological polar surface area (TPSA) is 76.9 Å². The van der Waals surface area contributed by atoms with E-state index in [1.54, 1.807) is 24.3 Å². The Balaban J connectivity index is 2.06. The van der Waals surface area contributed by atoms with Crippen molar-refractivity contribution in [2.75, 3.05) is 5.32 Å². The molecule has 0 fully saturated rings. The van der Waals surface area contributed by atoms with E-state index in [4.69, 9.17) is 0 Å². The molecule has 0 aliphatic rings. The predicted octanol–water partition coefficient (Wildman–Crippen LogP) is 3.63. The Morgan fingerprint density at radius 2 is 1.96 bits per heavy atom. The van der Waals surface area contributed by atoms with Gasteiger partial charge < -0.3 is 0 Å². The van der Waals surface area contributed by atoms with E-state index in [0.29, 0.717) is 22.4 Å². The number of fused-ring (bicyclic) bond motifs is 1. The first-order chi connectivity index (χ1) is 12.4. The molecule has 0 bridgehead atoms. The van der Waals surface area contributed by atoms with E-state index in [9.17, 15) is 9.59 Å². The SMILES string of the molecule is CCc1nc(NC(=O)c2nn(CC(C)C)c(=O)c3ccccc23)sc1C. The zero-order chi connectivity index (χ0) is 18.8.